The molecule has 0 aliphatic carbocycles. The van der Waals surface area contributed by atoms with Gasteiger partial charge < -0.3 is 4.57 Å². The van der Waals surface area contributed by atoms with Crippen LogP contribution in [0.15, 0.2) is 24.1 Å². The Kier molecular flexibility index (Phi) is 2.41. The third kappa shape index (κ3) is 1.72. The number of imidazole rings is 1. The lowest BCUT2D eigenvalue weighted by Gasteiger charge is -1.98. The fraction of sp³-hybridized carbons (Fsp3) is 0.222. The fourth-order valence-electron chi connectivity index (χ4n) is 1.19. The van der Waals surface area contributed by atoms with Crippen LogP contribution in [0.5, 0.6) is 0 Å². The van der Waals surface area contributed by atoms with Gasteiger partial charge in [0.2, 0.25) is 0 Å². The van der Waals surface area contributed by atoms with Crippen molar-refractivity contribution in [1.82, 2.24) is 14.5 Å². The molecule has 2 aromatic rings. The van der Waals surface area contributed by atoms with Gasteiger partial charge >= 0.3 is 0 Å². The van der Waals surface area contributed by atoms with Gasteiger partial charge in [0.1, 0.15) is 10.7 Å². The molecule has 2 heterocycles. The van der Waals surface area contributed by atoms with Gasteiger partial charge in [0.05, 0.1) is 18.9 Å². The molecule has 0 radical (unpaired) electrons. The van der Waals surface area contributed by atoms with Crippen molar-refractivity contribution in [3.63, 3.8) is 0 Å². The zero-order valence-electron chi connectivity index (χ0n) is 7.67. The van der Waals surface area contributed by atoms with E-state index in [0.717, 1.165) is 5.01 Å². The molecule has 0 fully saturated rings. The van der Waals surface area contributed by atoms with Gasteiger partial charge in [-0.2, -0.15) is 0 Å². The molecule has 2 aromatic heterocycles. The topological polar surface area (TPSA) is 47.8 Å². The number of nitrogens with zero attached hydrogens (tertiary/aromatic N) is 3. The Morgan fingerprint density at radius 3 is 3.07 bits per heavy atom. The third-order valence-electron chi connectivity index (χ3n) is 1.90. The van der Waals surface area contributed by atoms with Crippen LogP contribution in [-0.2, 0) is 13.5 Å². The fourth-order valence-corrected chi connectivity index (χ4v) is 1.81. The first kappa shape index (κ1) is 9.08. The molecule has 0 N–H and O–H groups in total. The van der Waals surface area contributed by atoms with Gasteiger partial charge in [-0.15, -0.1) is 11.3 Å². The first-order valence-electron chi connectivity index (χ1n) is 4.15. The maximum atomic E-state index is 11.7. The van der Waals surface area contributed by atoms with Crippen molar-refractivity contribution in [3.8, 4) is 0 Å². The third-order valence-corrected chi connectivity index (χ3v) is 2.68. The van der Waals surface area contributed by atoms with E-state index in [1.165, 1.54) is 11.3 Å². The minimum absolute atomic E-state index is 0.0555. The van der Waals surface area contributed by atoms with Crippen molar-refractivity contribution in [1.29, 1.82) is 0 Å². The maximum absolute atomic E-state index is 11.7. The molecule has 0 atom stereocenters. The summed E-state index contributed by atoms with van der Waals surface area (Å²) in [6, 6.07) is 0. The largest absolute Gasteiger partial charge is 0.331 e. The average molecular weight is 207 g/mol. The minimum Gasteiger partial charge on any atom is -0.331 e. The summed E-state index contributed by atoms with van der Waals surface area (Å²) < 4.78 is 1.72. The van der Waals surface area contributed by atoms with E-state index in [1.807, 2.05) is 12.4 Å². The number of rotatable bonds is 3. The zero-order valence-corrected chi connectivity index (χ0v) is 8.49. The minimum atomic E-state index is 0.0555. The van der Waals surface area contributed by atoms with Gasteiger partial charge in [-0.3, -0.25) is 4.79 Å². The molecular weight excluding hydrogens is 198 g/mol. The van der Waals surface area contributed by atoms with Crippen LogP contribution < -0.4 is 0 Å². The van der Waals surface area contributed by atoms with Crippen LogP contribution in [0.2, 0.25) is 0 Å². The number of ketones is 1. The summed E-state index contributed by atoms with van der Waals surface area (Å²) in [5.41, 5.74) is 0.625. The number of aryl methyl sites for hydroxylation is 1. The number of Topliss-reactive ketones (excluding diaryl/α,β-unsaturated/α-hetero) is 1. The number of aromatic nitrogens is 3. The molecule has 2 rings (SSSR count). The highest BCUT2D eigenvalue weighted by Gasteiger charge is 2.11. The van der Waals surface area contributed by atoms with E-state index >= 15 is 0 Å². The Morgan fingerprint density at radius 1 is 1.64 bits per heavy atom. The molecule has 0 bridgehead atoms. The summed E-state index contributed by atoms with van der Waals surface area (Å²) in [6.45, 7) is 0. The molecule has 0 unspecified atom stereocenters. The standard InChI is InChI=1S/C9H9N3OS/c1-12-6-10-5-7(12)8(13)4-9-11-2-3-14-9/h2-3,5-6H,4H2,1H3. The highest BCUT2D eigenvalue weighted by molar-refractivity contribution is 7.09. The average Bonchev–Trinajstić information content (AvgIpc) is 2.75. The molecule has 0 saturated heterocycles. The second kappa shape index (κ2) is 3.71. The van der Waals surface area contributed by atoms with Crippen molar-refractivity contribution in [2.45, 2.75) is 6.42 Å². The first-order chi connectivity index (χ1) is 6.77. The summed E-state index contributed by atoms with van der Waals surface area (Å²) >= 11 is 1.49. The molecule has 0 aliphatic heterocycles. The molecule has 14 heavy (non-hydrogen) atoms. The Balaban J connectivity index is 2.14. The van der Waals surface area contributed by atoms with Crippen LogP contribution in [0.1, 0.15) is 15.5 Å². The van der Waals surface area contributed by atoms with Crippen LogP contribution in [-0.4, -0.2) is 20.3 Å². The van der Waals surface area contributed by atoms with Gasteiger partial charge in [0.15, 0.2) is 5.78 Å². The lowest BCUT2D eigenvalue weighted by atomic mass is 10.2. The van der Waals surface area contributed by atoms with Crippen molar-refractivity contribution in [3.05, 3.63) is 34.8 Å². The van der Waals surface area contributed by atoms with E-state index < -0.39 is 0 Å². The zero-order chi connectivity index (χ0) is 9.97. The van der Waals surface area contributed by atoms with Crippen LogP contribution in [0.4, 0.5) is 0 Å². The monoisotopic (exact) mass is 207 g/mol. The smallest absolute Gasteiger partial charge is 0.187 e. The number of thiazole rings is 1. The molecule has 0 aliphatic rings. The van der Waals surface area contributed by atoms with Crippen molar-refractivity contribution >= 4 is 17.1 Å². The van der Waals surface area contributed by atoms with E-state index in [-0.39, 0.29) is 5.78 Å². The quantitative estimate of drug-likeness (QED) is 0.713. The van der Waals surface area contributed by atoms with E-state index in [2.05, 4.69) is 9.97 Å². The van der Waals surface area contributed by atoms with Gasteiger partial charge in [0, 0.05) is 18.6 Å². The lowest BCUT2D eigenvalue weighted by Crippen LogP contribution is -2.07. The predicted molar refractivity (Wildman–Crippen MR) is 53.4 cm³/mol. The summed E-state index contributed by atoms with van der Waals surface area (Å²) in [4.78, 5) is 19.7. The lowest BCUT2D eigenvalue weighted by molar-refractivity contribution is 0.0985. The summed E-state index contributed by atoms with van der Waals surface area (Å²) in [7, 11) is 1.81. The molecular formula is C9H9N3OS. The van der Waals surface area contributed by atoms with E-state index in [4.69, 9.17) is 0 Å². The first-order valence-corrected chi connectivity index (χ1v) is 5.03. The molecule has 0 saturated carbocycles. The summed E-state index contributed by atoms with van der Waals surface area (Å²) in [5, 5.41) is 2.71. The summed E-state index contributed by atoms with van der Waals surface area (Å²) in [6.07, 6.45) is 5.26. The molecule has 0 aromatic carbocycles. The van der Waals surface area contributed by atoms with Crippen LogP contribution in [0.25, 0.3) is 0 Å². The van der Waals surface area contributed by atoms with Crippen LogP contribution in [0.3, 0.4) is 0 Å². The Morgan fingerprint density at radius 2 is 2.50 bits per heavy atom. The summed E-state index contributed by atoms with van der Waals surface area (Å²) in [5.74, 6) is 0.0555. The second-order valence-corrected chi connectivity index (χ2v) is 3.89. The molecule has 72 valence electrons. The predicted octanol–water partition coefficient (Wildman–Crippen LogP) is 1.30. The number of hydrogen-bond donors (Lipinski definition) is 0. The van der Waals surface area contributed by atoms with Gasteiger partial charge in [-0.1, -0.05) is 0 Å². The molecule has 5 heteroatoms. The van der Waals surface area contributed by atoms with Gasteiger partial charge in [-0.25, -0.2) is 9.97 Å². The Bertz CT molecular complexity index is 433. The second-order valence-electron chi connectivity index (χ2n) is 2.92. The van der Waals surface area contributed by atoms with Crippen molar-refractivity contribution in [2.75, 3.05) is 0 Å². The maximum Gasteiger partial charge on any atom is 0.187 e. The number of carbonyl (C=O) groups is 1. The molecule has 0 amide bonds. The van der Waals surface area contributed by atoms with Crippen LogP contribution >= 0.6 is 11.3 Å². The number of hydrogen-bond acceptors (Lipinski definition) is 4. The highest BCUT2D eigenvalue weighted by Crippen LogP contribution is 2.08. The van der Waals surface area contributed by atoms with Gasteiger partial charge in [0.25, 0.3) is 0 Å². The van der Waals surface area contributed by atoms with Crippen LogP contribution in [0, 0.1) is 0 Å². The SMILES string of the molecule is Cn1cncc1C(=O)Cc1nccs1. The van der Waals surface area contributed by atoms with E-state index in [9.17, 15) is 4.79 Å². The van der Waals surface area contributed by atoms with E-state index in [0.29, 0.717) is 12.1 Å². The Labute approximate surface area is 85.2 Å². The normalized spacial score (nSPS) is 10.4. The Hall–Kier alpha value is -1.49. The van der Waals surface area contributed by atoms with Crippen molar-refractivity contribution < 1.29 is 4.79 Å². The van der Waals surface area contributed by atoms with Gasteiger partial charge in [-0.05, 0) is 0 Å². The van der Waals surface area contributed by atoms with Crippen molar-refractivity contribution in [2.24, 2.45) is 7.05 Å². The number of carbonyl (C=O) groups excluding carboxylic acids is 1. The highest BCUT2D eigenvalue weighted by atomic mass is 32.1. The molecule has 4 nitrogen and oxygen atoms in total. The van der Waals surface area contributed by atoms with E-state index in [1.54, 1.807) is 23.3 Å². The molecule has 0 spiro atoms.